The second-order valence-corrected chi connectivity index (χ2v) is 7.95. The number of benzene rings is 1. The van der Waals surface area contributed by atoms with Crippen LogP contribution in [-0.4, -0.2) is 46.5 Å². The van der Waals surface area contributed by atoms with E-state index in [-0.39, 0.29) is 28.2 Å². The molecule has 1 fully saturated rings. The average Bonchev–Trinajstić information content (AvgIpc) is 2.63. The Morgan fingerprint density at radius 2 is 2.04 bits per heavy atom. The van der Waals surface area contributed by atoms with Gasteiger partial charge >= 0.3 is 0 Å². The van der Waals surface area contributed by atoms with Gasteiger partial charge in [0.2, 0.25) is 0 Å². The summed E-state index contributed by atoms with van der Waals surface area (Å²) in [5.74, 6) is -0.674. The number of likely N-dealkylation sites (tertiary alicyclic amines) is 1. The zero-order chi connectivity index (χ0) is 20.0. The molecule has 2 heterocycles. The van der Waals surface area contributed by atoms with Gasteiger partial charge in [-0.2, -0.15) is 0 Å². The SMILES string of the molecule is CN1CCC(c2c(O)cc(O)c3c(=O)cc(C4=C(Cl)CCC=C4)oc23)C(O)C1. The van der Waals surface area contributed by atoms with E-state index in [4.69, 9.17) is 16.0 Å². The van der Waals surface area contributed by atoms with Crippen LogP contribution in [0.2, 0.25) is 0 Å². The molecule has 2 unspecified atom stereocenters. The Morgan fingerprint density at radius 3 is 2.75 bits per heavy atom. The van der Waals surface area contributed by atoms with Crippen molar-refractivity contribution in [2.45, 2.75) is 31.3 Å². The number of hydrogen-bond donors (Lipinski definition) is 3. The van der Waals surface area contributed by atoms with Crippen LogP contribution in [0.4, 0.5) is 0 Å². The summed E-state index contributed by atoms with van der Waals surface area (Å²) in [7, 11) is 1.91. The van der Waals surface area contributed by atoms with Crippen LogP contribution in [0.3, 0.4) is 0 Å². The summed E-state index contributed by atoms with van der Waals surface area (Å²) in [6, 6.07) is 2.45. The van der Waals surface area contributed by atoms with Gasteiger partial charge in [-0.25, -0.2) is 0 Å². The normalized spacial score (nSPS) is 23.5. The lowest BCUT2D eigenvalue weighted by Crippen LogP contribution is -2.40. The van der Waals surface area contributed by atoms with Crippen LogP contribution in [0.15, 0.2) is 38.5 Å². The van der Waals surface area contributed by atoms with E-state index in [0.717, 1.165) is 19.0 Å². The number of piperidine rings is 1. The number of fused-ring (bicyclic) bond motifs is 1. The first-order valence-electron chi connectivity index (χ1n) is 9.31. The molecule has 0 spiro atoms. The zero-order valence-corrected chi connectivity index (χ0v) is 16.2. The Labute approximate surface area is 167 Å². The summed E-state index contributed by atoms with van der Waals surface area (Å²) in [6.45, 7) is 1.17. The van der Waals surface area contributed by atoms with Crippen molar-refractivity contribution < 1.29 is 19.7 Å². The Morgan fingerprint density at radius 1 is 1.25 bits per heavy atom. The van der Waals surface area contributed by atoms with E-state index >= 15 is 0 Å². The fourth-order valence-electron chi connectivity index (χ4n) is 4.09. The molecule has 1 aliphatic heterocycles. The minimum Gasteiger partial charge on any atom is -0.507 e. The predicted molar refractivity (Wildman–Crippen MR) is 108 cm³/mol. The quantitative estimate of drug-likeness (QED) is 0.712. The molecule has 2 atom stereocenters. The van der Waals surface area contributed by atoms with Crippen molar-refractivity contribution in [3.63, 3.8) is 0 Å². The van der Waals surface area contributed by atoms with E-state index in [2.05, 4.69) is 0 Å². The van der Waals surface area contributed by atoms with Crippen LogP contribution in [-0.2, 0) is 0 Å². The van der Waals surface area contributed by atoms with Gasteiger partial charge in [-0.1, -0.05) is 23.8 Å². The van der Waals surface area contributed by atoms with Gasteiger partial charge in [0.1, 0.15) is 28.2 Å². The van der Waals surface area contributed by atoms with Gasteiger partial charge < -0.3 is 24.6 Å². The summed E-state index contributed by atoms with van der Waals surface area (Å²) >= 11 is 6.33. The number of phenolic OH excluding ortho intramolecular Hbond substituents is 2. The van der Waals surface area contributed by atoms with Crippen LogP contribution in [0, 0.1) is 0 Å². The molecule has 1 aromatic heterocycles. The molecule has 3 N–H and O–H groups in total. The highest BCUT2D eigenvalue weighted by Gasteiger charge is 2.33. The van der Waals surface area contributed by atoms with Gasteiger partial charge in [-0.05, 0) is 32.9 Å². The lowest BCUT2D eigenvalue weighted by atomic mass is 9.85. The molecule has 2 aliphatic rings. The van der Waals surface area contributed by atoms with Gasteiger partial charge in [-0.3, -0.25) is 4.79 Å². The van der Waals surface area contributed by atoms with Crippen molar-refractivity contribution in [3.8, 4) is 11.5 Å². The van der Waals surface area contributed by atoms with Crippen molar-refractivity contribution in [1.29, 1.82) is 0 Å². The molecule has 148 valence electrons. The first kappa shape index (κ1) is 19.1. The Bertz CT molecular complexity index is 1050. The minimum absolute atomic E-state index is 0.000750. The number of nitrogens with zero attached hydrogens (tertiary/aromatic N) is 1. The molecule has 6 nitrogen and oxygen atoms in total. The third-order valence-electron chi connectivity index (χ3n) is 5.53. The van der Waals surface area contributed by atoms with Crippen molar-refractivity contribution >= 4 is 28.1 Å². The van der Waals surface area contributed by atoms with Crippen LogP contribution in [0.25, 0.3) is 16.5 Å². The molecule has 1 aromatic carbocycles. The highest BCUT2D eigenvalue weighted by molar-refractivity contribution is 6.33. The minimum atomic E-state index is -0.733. The smallest absolute Gasteiger partial charge is 0.197 e. The number of allylic oxidation sites excluding steroid dienone is 4. The summed E-state index contributed by atoms with van der Waals surface area (Å²) in [4.78, 5) is 14.8. The van der Waals surface area contributed by atoms with Crippen LogP contribution in [0.5, 0.6) is 11.5 Å². The summed E-state index contributed by atoms with van der Waals surface area (Å²) in [5.41, 5.74) is 0.645. The van der Waals surface area contributed by atoms with Gasteiger partial charge in [0.05, 0.1) is 6.10 Å². The number of likely N-dealkylation sites (N-methyl/N-ethyl adjacent to an activating group) is 1. The highest BCUT2D eigenvalue weighted by Crippen LogP contribution is 2.42. The molecule has 28 heavy (non-hydrogen) atoms. The molecule has 0 amide bonds. The topological polar surface area (TPSA) is 94.1 Å². The second-order valence-electron chi connectivity index (χ2n) is 7.49. The van der Waals surface area contributed by atoms with E-state index in [1.54, 1.807) is 0 Å². The summed E-state index contributed by atoms with van der Waals surface area (Å²) in [5, 5.41) is 32.0. The van der Waals surface area contributed by atoms with E-state index < -0.39 is 17.5 Å². The number of halogens is 1. The molecular weight excluding hydrogens is 382 g/mol. The van der Waals surface area contributed by atoms with Crippen molar-refractivity contribution in [3.05, 3.63) is 50.9 Å². The van der Waals surface area contributed by atoms with Crippen molar-refractivity contribution in [2.24, 2.45) is 0 Å². The van der Waals surface area contributed by atoms with Gasteiger partial charge in [0.25, 0.3) is 0 Å². The number of aliphatic hydroxyl groups is 1. The average molecular weight is 404 g/mol. The number of aliphatic hydroxyl groups excluding tert-OH is 1. The Balaban J connectivity index is 1.97. The number of β-amino-alcohol motifs (C(OH)–C–C–N with tert-alkyl or cyclic N) is 1. The van der Waals surface area contributed by atoms with Crippen LogP contribution < -0.4 is 5.43 Å². The standard InChI is InChI=1S/C21H22ClNO5/c1-23-7-6-12(17(27)10-23)19-14(24)8-15(25)20-16(26)9-18(28-21(19)20)11-4-2-3-5-13(11)22/h2,4,8-9,12,17,24-25,27H,3,5-7,10H2,1H3. The molecule has 0 radical (unpaired) electrons. The largest absolute Gasteiger partial charge is 0.507 e. The monoisotopic (exact) mass is 403 g/mol. The maximum Gasteiger partial charge on any atom is 0.197 e. The maximum atomic E-state index is 12.8. The van der Waals surface area contributed by atoms with E-state index in [1.807, 2.05) is 24.1 Å². The maximum absolute atomic E-state index is 12.8. The molecule has 7 heteroatoms. The Hall–Kier alpha value is -2.28. The fraction of sp³-hybridized carbons (Fsp3) is 0.381. The third-order valence-corrected chi connectivity index (χ3v) is 5.92. The van der Waals surface area contributed by atoms with Crippen LogP contribution in [0.1, 0.15) is 36.5 Å². The number of hydrogen-bond acceptors (Lipinski definition) is 6. The summed E-state index contributed by atoms with van der Waals surface area (Å²) < 4.78 is 6.04. The molecule has 0 bridgehead atoms. The summed E-state index contributed by atoms with van der Waals surface area (Å²) in [6.07, 6.45) is 5.08. The highest BCUT2D eigenvalue weighted by atomic mass is 35.5. The molecule has 4 rings (SSSR count). The van der Waals surface area contributed by atoms with Crippen molar-refractivity contribution in [1.82, 2.24) is 4.90 Å². The lowest BCUT2D eigenvalue weighted by Gasteiger charge is -2.34. The number of phenols is 2. The molecule has 1 saturated heterocycles. The molecule has 0 saturated carbocycles. The fourth-order valence-corrected chi connectivity index (χ4v) is 4.36. The third kappa shape index (κ3) is 3.21. The van der Waals surface area contributed by atoms with Gasteiger partial charge in [-0.15, -0.1) is 0 Å². The molecular formula is C21H22ClNO5. The lowest BCUT2D eigenvalue weighted by molar-refractivity contribution is 0.0630. The second kappa shape index (κ2) is 7.28. The zero-order valence-electron chi connectivity index (χ0n) is 15.5. The molecule has 1 aliphatic carbocycles. The van der Waals surface area contributed by atoms with Gasteiger partial charge in [0.15, 0.2) is 5.43 Å². The Kier molecular flexibility index (Phi) is 4.95. The van der Waals surface area contributed by atoms with Crippen molar-refractivity contribution in [2.75, 3.05) is 20.1 Å². The first-order chi connectivity index (χ1) is 13.4. The number of aromatic hydroxyl groups is 2. The predicted octanol–water partition coefficient (Wildman–Crippen LogP) is 3.28. The van der Waals surface area contributed by atoms with E-state index in [0.29, 0.717) is 35.6 Å². The number of rotatable bonds is 2. The van der Waals surface area contributed by atoms with E-state index in [9.17, 15) is 20.1 Å². The van der Waals surface area contributed by atoms with Gasteiger partial charge in [0, 0.05) is 40.8 Å². The molecule has 2 aromatic rings. The first-order valence-corrected chi connectivity index (χ1v) is 9.69. The van der Waals surface area contributed by atoms with E-state index in [1.165, 1.54) is 6.07 Å². The van der Waals surface area contributed by atoms with Crippen LogP contribution >= 0.6 is 11.6 Å².